The van der Waals surface area contributed by atoms with Crippen LogP contribution in [0.2, 0.25) is 0 Å². The zero-order valence-electron chi connectivity index (χ0n) is 27.6. The zero-order valence-corrected chi connectivity index (χ0v) is 27.6. The number of methoxy groups -OCH3 is 1. The van der Waals surface area contributed by atoms with E-state index in [0.717, 1.165) is 39.1 Å². The predicted molar refractivity (Wildman–Crippen MR) is 187 cm³/mol. The van der Waals surface area contributed by atoms with Crippen molar-refractivity contribution >= 4 is 51.8 Å². The largest absolute Gasteiger partial charge is 0.497 e. The maximum atomic E-state index is 13.7. The number of nitrogens with one attached hydrogen (secondary N) is 4. The molecule has 0 radical (unpaired) electrons. The predicted octanol–water partition coefficient (Wildman–Crippen LogP) is 6.34. The van der Waals surface area contributed by atoms with Crippen molar-refractivity contribution in [1.29, 1.82) is 0 Å². The van der Waals surface area contributed by atoms with Gasteiger partial charge in [0.25, 0.3) is 0 Å². The number of carbonyl (C=O) groups is 3. The number of allylic oxidation sites excluding steroid dienone is 1. The standard InChI is InChI=1S/C36H37N7O5/c1-20-33(21(2)43(5)41-20)34-27(26-18-25(47-6)12-13-29(26)40-34)19-31-35(45)28-17-24(11-14-30(28)48-31)39-36(46)38-23-9-7-22(8-10-23)37-32(44)15-16-42(3)4/h7-14,17-19,40H,15-16H2,1-6H3,(H,37,44)(H2,38,39,46)/b31-19-. The Labute approximate surface area is 277 Å². The van der Waals surface area contributed by atoms with Gasteiger partial charge in [-0.25, -0.2) is 4.79 Å². The number of ketones is 1. The van der Waals surface area contributed by atoms with Crippen molar-refractivity contribution in [2.24, 2.45) is 7.05 Å². The Hall–Kier alpha value is -5.88. The number of aromatic amines is 1. The van der Waals surface area contributed by atoms with Crippen molar-refractivity contribution in [2.75, 3.05) is 43.7 Å². The van der Waals surface area contributed by atoms with Crippen molar-refractivity contribution in [3.05, 3.63) is 88.9 Å². The fourth-order valence-corrected chi connectivity index (χ4v) is 5.68. The van der Waals surface area contributed by atoms with Crippen LogP contribution < -0.4 is 25.4 Å². The number of rotatable bonds is 9. The van der Waals surface area contributed by atoms with E-state index in [1.165, 1.54) is 0 Å². The number of fused-ring (bicyclic) bond motifs is 2. The Morgan fingerprint density at radius 1 is 0.979 bits per heavy atom. The van der Waals surface area contributed by atoms with E-state index in [9.17, 15) is 14.4 Å². The van der Waals surface area contributed by atoms with Gasteiger partial charge in [-0.2, -0.15) is 5.10 Å². The lowest BCUT2D eigenvalue weighted by molar-refractivity contribution is -0.116. The first-order valence-electron chi connectivity index (χ1n) is 15.4. The molecular weight excluding hydrogens is 610 g/mol. The smallest absolute Gasteiger partial charge is 0.323 e. The van der Waals surface area contributed by atoms with E-state index in [0.29, 0.717) is 47.1 Å². The van der Waals surface area contributed by atoms with Gasteiger partial charge in [0.2, 0.25) is 11.7 Å². The van der Waals surface area contributed by atoms with Crippen LogP contribution in [0.3, 0.4) is 0 Å². The molecule has 0 spiro atoms. The van der Waals surface area contributed by atoms with Crippen LogP contribution in [0.15, 0.2) is 66.4 Å². The van der Waals surface area contributed by atoms with Crippen LogP contribution in [-0.2, 0) is 11.8 Å². The van der Waals surface area contributed by atoms with E-state index in [-0.39, 0.29) is 17.4 Å². The monoisotopic (exact) mass is 647 g/mol. The summed E-state index contributed by atoms with van der Waals surface area (Å²) in [5.74, 6) is 0.843. The van der Waals surface area contributed by atoms with Gasteiger partial charge in [0, 0.05) is 64.8 Å². The van der Waals surface area contributed by atoms with Crippen molar-refractivity contribution in [2.45, 2.75) is 20.3 Å². The highest BCUT2D eigenvalue weighted by Gasteiger charge is 2.29. The molecule has 3 amide bonds. The first kappa shape index (κ1) is 32.1. The second-order valence-electron chi connectivity index (χ2n) is 11.9. The van der Waals surface area contributed by atoms with Crippen molar-refractivity contribution in [1.82, 2.24) is 19.7 Å². The highest BCUT2D eigenvalue weighted by molar-refractivity contribution is 6.16. The van der Waals surface area contributed by atoms with Crippen molar-refractivity contribution in [3.8, 4) is 22.8 Å². The average molecular weight is 648 g/mol. The molecule has 0 fully saturated rings. The summed E-state index contributed by atoms with van der Waals surface area (Å²) in [7, 11) is 7.33. The summed E-state index contributed by atoms with van der Waals surface area (Å²) in [6, 6.07) is 17.0. The van der Waals surface area contributed by atoms with Crippen LogP contribution in [0, 0.1) is 13.8 Å². The van der Waals surface area contributed by atoms with Gasteiger partial charge in [-0.05, 0) is 94.7 Å². The van der Waals surface area contributed by atoms with Gasteiger partial charge in [0.05, 0.1) is 24.1 Å². The number of hydrogen-bond acceptors (Lipinski definition) is 7. The molecule has 0 saturated heterocycles. The molecule has 48 heavy (non-hydrogen) atoms. The number of hydrogen-bond donors (Lipinski definition) is 4. The number of Topliss-reactive ketones (excluding diaryl/α,β-unsaturated/α-hetero) is 1. The van der Waals surface area contributed by atoms with E-state index in [4.69, 9.17) is 9.47 Å². The Kier molecular flexibility index (Phi) is 8.74. The van der Waals surface area contributed by atoms with Crippen LogP contribution in [0.4, 0.5) is 21.9 Å². The highest BCUT2D eigenvalue weighted by Crippen LogP contribution is 2.39. The maximum absolute atomic E-state index is 13.7. The summed E-state index contributed by atoms with van der Waals surface area (Å²) < 4.78 is 13.4. The molecule has 12 nitrogen and oxygen atoms in total. The number of ether oxygens (including phenoxy) is 2. The molecular formula is C36H37N7O5. The zero-order chi connectivity index (χ0) is 34.1. The quantitative estimate of drug-likeness (QED) is 0.137. The molecule has 0 saturated carbocycles. The van der Waals surface area contributed by atoms with Gasteiger partial charge in [-0.15, -0.1) is 0 Å². The second-order valence-corrected chi connectivity index (χ2v) is 11.9. The minimum Gasteiger partial charge on any atom is -0.497 e. The number of amides is 3. The number of aryl methyl sites for hydroxylation is 2. The Morgan fingerprint density at radius 2 is 1.67 bits per heavy atom. The van der Waals surface area contributed by atoms with Gasteiger partial charge in [0.1, 0.15) is 11.5 Å². The summed E-state index contributed by atoms with van der Waals surface area (Å²) in [5.41, 5.74) is 7.16. The Bertz CT molecular complexity index is 2090. The third-order valence-electron chi connectivity index (χ3n) is 8.22. The fraction of sp³-hybridized carbons (Fsp3) is 0.222. The van der Waals surface area contributed by atoms with Crippen molar-refractivity contribution < 1.29 is 23.9 Å². The molecule has 0 bridgehead atoms. The first-order chi connectivity index (χ1) is 23.0. The van der Waals surface area contributed by atoms with Crippen LogP contribution in [0.25, 0.3) is 28.2 Å². The van der Waals surface area contributed by atoms with E-state index >= 15 is 0 Å². The van der Waals surface area contributed by atoms with Crippen LogP contribution in [0.1, 0.15) is 33.7 Å². The van der Waals surface area contributed by atoms with Gasteiger partial charge in [-0.1, -0.05) is 0 Å². The van der Waals surface area contributed by atoms with Crippen LogP contribution in [-0.4, -0.2) is 65.1 Å². The van der Waals surface area contributed by atoms with E-state index in [2.05, 4.69) is 26.0 Å². The minimum absolute atomic E-state index is 0.0869. The average Bonchev–Trinajstić information content (AvgIpc) is 3.65. The van der Waals surface area contributed by atoms with Crippen LogP contribution in [0.5, 0.6) is 11.5 Å². The molecule has 12 heteroatoms. The van der Waals surface area contributed by atoms with Gasteiger partial charge >= 0.3 is 6.03 Å². The number of nitrogens with zero attached hydrogens (tertiary/aromatic N) is 3. The molecule has 4 N–H and O–H groups in total. The third-order valence-corrected chi connectivity index (χ3v) is 8.22. The molecule has 1 aliphatic rings. The SMILES string of the molecule is COc1ccc2[nH]c(-c3c(C)nn(C)c3C)c(/C=C3\Oc4ccc(NC(=O)Nc5ccc(NC(=O)CCN(C)C)cc5)cc4C3=O)c2c1. The summed E-state index contributed by atoms with van der Waals surface area (Å²) in [4.78, 5) is 44.0. The molecule has 5 aromatic rings. The first-order valence-corrected chi connectivity index (χ1v) is 15.4. The molecule has 2 aromatic heterocycles. The molecule has 3 heterocycles. The molecule has 0 aliphatic carbocycles. The number of anilines is 3. The maximum Gasteiger partial charge on any atom is 0.323 e. The number of aromatic nitrogens is 3. The topological polar surface area (TPSA) is 143 Å². The summed E-state index contributed by atoms with van der Waals surface area (Å²) in [6.07, 6.45) is 2.13. The van der Waals surface area contributed by atoms with E-state index in [1.807, 2.05) is 62.8 Å². The number of carbonyl (C=O) groups excluding carboxylic acids is 3. The molecule has 6 rings (SSSR count). The lowest BCUT2D eigenvalue weighted by atomic mass is 10.0. The highest BCUT2D eigenvalue weighted by atomic mass is 16.5. The minimum atomic E-state index is -0.487. The molecule has 3 aromatic carbocycles. The van der Waals surface area contributed by atoms with E-state index < -0.39 is 6.03 Å². The molecule has 0 atom stereocenters. The number of urea groups is 1. The van der Waals surface area contributed by atoms with Gasteiger partial charge in [0.15, 0.2) is 5.76 Å². The molecule has 246 valence electrons. The summed E-state index contributed by atoms with van der Waals surface area (Å²) >= 11 is 0. The number of H-pyrrole nitrogens is 1. The molecule has 0 unspecified atom stereocenters. The van der Waals surface area contributed by atoms with Crippen molar-refractivity contribution in [3.63, 3.8) is 0 Å². The summed E-state index contributed by atoms with van der Waals surface area (Å²) in [6.45, 7) is 4.60. The van der Waals surface area contributed by atoms with Gasteiger partial charge < -0.3 is 35.3 Å². The summed E-state index contributed by atoms with van der Waals surface area (Å²) in [5, 5.41) is 13.8. The lowest BCUT2D eigenvalue weighted by Gasteiger charge is -2.11. The van der Waals surface area contributed by atoms with Gasteiger partial charge in [-0.3, -0.25) is 14.3 Å². The van der Waals surface area contributed by atoms with E-state index in [1.54, 1.807) is 55.7 Å². The normalized spacial score (nSPS) is 13.1. The molecule has 1 aliphatic heterocycles. The Morgan fingerprint density at radius 3 is 2.33 bits per heavy atom. The third kappa shape index (κ3) is 6.51. The fourth-order valence-electron chi connectivity index (χ4n) is 5.68. The Balaban J connectivity index is 1.20. The second kappa shape index (κ2) is 13.1. The van der Waals surface area contributed by atoms with Crippen LogP contribution >= 0.6 is 0 Å². The lowest BCUT2D eigenvalue weighted by Crippen LogP contribution is -2.21. The number of benzene rings is 3.